The molecule has 0 spiro atoms. The Labute approximate surface area is 118 Å². The van der Waals surface area contributed by atoms with E-state index in [2.05, 4.69) is 0 Å². The third kappa shape index (κ3) is 5.44. The van der Waals surface area contributed by atoms with E-state index in [-0.39, 0.29) is 6.09 Å². The van der Waals surface area contributed by atoms with Crippen LogP contribution in [-0.2, 0) is 9.47 Å². The summed E-state index contributed by atoms with van der Waals surface area (Å²) in [5.41, 5.74) is -0.438. The molecule has 1 saturated heterocycles. The Kier molecular flexibility index (Phi) is 5.72. The number of carbonyl (C=O) groups excluding carboxylic acids is 1. The second-order valence-electron chi connectivity index (χ2n) is 5.35. The highest BCUT2D eigenvalue weighted by Crippen LogP contribution is 2.20. The van der Waals surface area contributed by atoms with Crippen LogP contribution in [0.25, 0.3) is 0 Å². The number of thiocarbonyl (C=S) groups is 1. The van der Waals surface area contributed by atoms with Crippen molar-refractivity contribution in [2.45, 2.75) is 32.8 Å². The van der Waals surface area contributed by atoms with Crippen molar-refractivity contribution < 1.29 is 14.3 Å². The topological polar surface area (TPSA) is 38.8 Å². The van der Waals surface area contributed by atoms with Gasteiger partial charge in [-0.15, -0.1) is 0 Å². The molecule has 0 aromatic heterocycles. The van der Waals surface area contributed by atoms with Crippen molar-refractivity contribution in [2.75, 3.05) is 26.0 Å². The standard InChI is InChI=1S/C12H21NO3S2/c1-12(2,3)16-10(14)13-6-5-9(7-13)8-15-11(17)18-4/h9H,5-8H2,1-4H3. The maximum absolute atomic E-state index is 11.8. The lowest BCUT2D eigenvalue weighted by Gasteiger charge is -2.24. The Morgan fingerprint density at radius 2 is 2.17 bits per heavy atom. The summed E-state index contributed by atoms with van der Waals surface area (Å²) < 4.78 is 11.3. The molecule has 1 heterocycles. The predicted molar refractivity (Wildman–Crippen MR) is 78.0 cm³/mol. The maximum Gasteiger partial charge on any atom is 0.410 e. The Morgan fingerprint density at radius 3 is 2.72 bits per heavy atom. The molecule has 1 atom stereocenters. The van der Waals surface area contributed by atoms with Crippen LogP contribution in [0.15, 0.2) is 0 Å². The molecule has 1 aliphatic heterocycles. The average molecular weight is 291 g/mol. The van der Waals surface area contributed by atoms with Gasteiger partial charge in [-0.1, -0.05) is 11.8 Å². The van der Waals surface area contributed by atoms with E-state index in [1.54, 1.807) is 4.90 Å². The van der Waals surface area contributed by atoms with Crippen LogP contribution in [0.2, 0.25) is 0 Å². The number of likely N-dealkylation sites (tertiary alicyclic amines) is 1. The van der Waals surface area contributed by atoms with Crippen molar-refractivity contribution in [3.8, 4) is 0 Å². The number of rotatable bonds is 2. The molecular weight excluding hydrogens is 270 g/mol. The fraction of sp³-hybridized carbons (Fsp3) is 0.833. The molecule has 6 heteroatoms. The van der Waals surface area contributed by atoms with Crippen molar-refractivity contribution >= 4 is 34.5 Å². The third-order valence-corrected chi connectivity index (χ3v) is 3.61. The molecule has 0 aromatic carbocycles. The first kappa shape index (κ1) is 15.6. The van der Waals surface area contributed by atoms with Crippen molar-refractivity contribution in [3.63, 3.8) is 0 Å². The number of carbonyl (C=O) groups is 1. The fourth-order valence-corrected chi connectivity index (χ4v) is 1.96. The summed E-state index contributed by atoms with van der Waals surface area (Å²) in [6, 6.07) is 0. The SMILES string of the molecule is CSC(=S)OCC1CCN(C(=O)OC(C)(C)C)C1. The van der Waals surface area contributed by atoms with Crippen LogP contribution in [0.3, 0.4) is 0 Å². The lowest BCUT2D eigenvalue weighted by molar-refractivity contribution is 0.0284. The molecule has 0 N–H and O–H groups in total. The third-order valence-electron chi connectivity index (χ3n) is 2.54. The molecule has 4 nitrogen and oxygen atoms in total. The monoisotopic (exact) mass is 291 g/mol. The molecule has 0 bridgehead atoms. The smallest absolute Gasteiger partial charge is 0.410 e. The molecule has 0 aliphatic carbocycles. The second-order valence-corrected chi connectivity index (χ2v) is 6.75. The second kappa shape index (κ2) is 6.61. The van der Waals surface area contributed by atoms with E-state index in [1.807, 2.05) is 27.0 Å². The van der Waals surface area contributed by atoms with Gasteiger partial charge < -0.3 is 14.4 Å². The summed E-state index contributed by atoms with van der Waals surface area (Å²) in [6.45, 7) is 7.62. The fourth-order valence-electron chi connectivity index (χ4n) is 1.71. The summed E-state index contributed by atoms with van der Waals surface area (Å²) in [4.78, 5) is 13.6. The molecule has 1 rings (SSSR count). The Hall–Kier alpha value is -0.490. The van der Waals surface area contributed by atoms with E-state index in [9.17, 15) is 4.79 Å². The first-order chi connectivity index (χ1) is 8.31. The largest absolute Gasteiger partial charge is 0.478 e. The maximum atomic E-state index is 11.8. The zero-order valence-electron chi connectivity index (χ0n) is 11.4. The minimum Gasteiger partial charge on any atom is -0.478 e. The van der Waals surface area contributed by atoms with Crippen molar-refractivity contribution in [1.29, 1.82) is 0 Å². The van der Waals surface area contributed by atoms with Gasteiger partial charge in [0.1, 0.15) is 5.60 Å². The molecule has 1 amide bonds. The molecule has 18 heavy (non-hydrogen) atoms. The van der Waals surface area contributed by atoms with Gasteiger partial charge in [0.05, 0.1) is 6.61 Å². The summed E-state index contributed by atoms with van der Waals surface area (Å²) in [6.07, 6.45) is 2.60. The van der Waals surface area contributed by atoms with Gasteiger partial charge in [-0.2, -0.15) is 0 Å². The first-order valence-electron chi connectivity index (χ1n) is 6.00. The van der Waals surface area contributed by atoms with E-state index in [0.717, 1.165) is 13.0 Å². The summed E-state index contributed by atoms with van der Waals surface area (Å²) in [5.74, 6) is 0.350. The number of nitrogens with zero attached hydrogens (tertiary/aromatic N) is 1. The molecule has 1 unspecified atom stereocenters. The highest BCUT2D eigenvalue weighted by molar-refractivity contribution is 8.22. The highest BCUT2D eigenvalue weighted by atomic mass is 32.2. The Morgan fingerprint density at radius 1 is 1.50 bits per heavy atom. The van der Waals surface area contributed by atoms with Gasteiger partial charge in [-0.3, -0.25) is 0 Å². The molecular formula is C12H21NO3S2. The Bertz CT molecular complexity index is 315. The van der Waals surface area contributed by atoms with Gasteiger partial charge in [0.2, 0.25) is 4.38 Å². The van der Waals surface area contributed by atoms with E-state index >= 15 is 0 Å². The highest BCUT2D eigenvalue weighted by Gasteiger charge is 2.30. The molecule has 1 aliphatic rings. The molecule has 104 valence electrons. The van der Waals surface area contributed by atoms with Gasteiger partial charge in [-0.05, 0) is 45.7 Å². The summed E-state index contributed by atoms with van der Waals surface area (Å²) in [7, 11) is 0. The minimum atomic E-state index is -0.438. The predicted octanol–water partition coefficient (Wildman–Crippen LogP) is 2.91. The average Bonchev–Trinajstić information content (AvgIpc) is 2.72. The van der Waals surface area contributed by atoms with Gasteiger partial charge >= 0.3 is 6.09 Å². The molecule has 1 fully saturated rings. The number of hydrogen-bond acceptors (Lipinski definition) is 5. The van der Waals surface area contributed by atoms with Crippen molar-refractivity contribution in [2.24, 2.45) is 5.92 Å². The zero-order chi connectivity index (χ0) is 13.8. The number of ether oxygens (including phenoxy) is 2. The van der Waals surface area contributed by atoms with Gasteiger partial charge in [0.25, 0.3) is 0 Å². The molecule has 0 saturated carbocycles. The van der Waals surface area contributed by atoms with Crippen LogP contribution in [0.5, 0.6) is 0 Å². The van der Waals surface area contributed by atoms with Crippen molar-refractivity contribution in [3.05, 3.63) is 0 Å². The number of amides is 1. The quantitative estimate of drug-likeness (QED) is 0.731. The van der Waals surface area contributed by atoms with E-state index in [4.69, 9.17) is 21.7 Å². The van der Waals surface area contributed by atoms with Crippen LogP contribution >= 0.6 is 24.0 Å². The van der Waals surface area contributed by atoms with Crippen molar-refractivity contribution in [1.82, 2.24) is 4.90 Å². The summed E-state index contributed by atoms with van der Waals surface area (Å²) >= 11 is 6.41. The van der Waals surface area contributed by atoms with E-state index in [1.165, 1.54) is 11.8 Å². The summed E-state index contributed by atoms with van der Waals surface area (Å²) in [5, 5.41) is 0. The number of thioether (sulfide) groups is 1. The molecule has 0 aromatic rings. The van der Waals surface area contributed by atoms with Crippen LogP contribution in [0.1, 0.15) is 27.2 Å². The first-order valence-corrected chi connectivity index (χ1v) is 7.64. The van der Waals surface area contributed by atoms with Crippen LogP contribution < -0.4 is 0 Å². The Balaban J connectivity index is 2.32. The van der Waals surface area contributed by atoms with E-state index in [0.29, 0.717) is 23.5 Å². The molecule has 0 radical (unpaired) electrons. The normalized spacial score (nSPS) is 19.8. The van der Waals surface area contributed by atoms with Crippen LogP contribution in [0.4, 0.5) is 4.79 Å². The van der Waals surface area contributed by atoms with E-state index < -0.39 is 5.60 Å². The van der Waals surface area contributed by atoms with Gasteiger partial charge in [0, 0.05) is 19.0 Å². The van der Waals surface area contributed by atoms with Crippen LogP contribution in [-0.4, -0.2) is 46.9 Å². The zero-order valence-corrected chi connectivity index (χ0v) is 13.0. The lowest BCUT2D eigenvalue weighted by Crippen LogP contribution is -2.35. The minimum absolute atomic E-state index is 0.238. The van der Waals surface area contributed by atoms with Crippen LogP contribution in [0, 0.1) is 5.92 Å². The van der Waals surface area contributed by atoms with Gasteiger partial charge in [0.15, 0.2) is 0 Å². The lowest BCUT2D eigenvalue weighted by atomic mass is 10.1. The number of hydrogen-bond donors (Lipinski definition) is 0. The van der Waals surface area contributed by atoms with Gasteiger partial charge in [-0.25, -0.2) is 4.79 Å².